The van der Waals surface area contributed by atoms with Gasteiger partial charge in [-0.15, -0.1) is 0 Å². The number of nitrogens with one attached hydrogen (secondary N) is 2. The predicted octanol–water partition coefficient (Wildman–Crippen LogP) is 4.28. The Balaban J connectivity index is 1.29. The number of fused-ring (bicyclic) bond motifs is 2. The Kier molecular flexibility index (Phi) is 6.99. The number of ether oxygens (including phenoxy) is 2. The molecule has 2 N–H and O–H groups in total. The molecule has 2 aliphatic rings. The molecule has 0 bridgehead atoms. The number of anilines is 2. The summed E-state index contributed by atoms with van der Waals surface area (Å²) in [4.78, 5) is 24.3. The van der Waals surface area contributed by atoms with Gasteiger partial charge < -0.3 is 25.0 Å². The van der Waals surface area contributed by atoms with E-state index in [2.05, 4.69) is 20.5 Å². The van der Waals surface area contributed by atoms with Crippen LogP contribution in [-0.4, -0.2) is 58.6 Å². The molecular formula is C29H31FN6O3. The number of benzene rings is 1. The molecule has 1 amide bonds. The van der Waals surface area contributed by atoms with Crippen LogP contribution in [0.25, 0.3) is 16.9 Å². The zero-order valence-electron chi connectivity index (χ0n) is 22.0. The summed E-state index contributed by atoms with van der Waals surface area (Å²) in [7, 11) is 4.02. The first-order valence-corrected chi connectivity index (χ1v) is 13.1. The van der Waals surface area contributed by atoms with E-state index in [1.807, 2.05) is 42.8 Å². The maximum atomic E-state index is 13.7. The Hall–Kier alpha value is -3.86. The second-order valence-electron chi connectivity index (χ2n) is 10.2. The molecule has 1 aromatic carbocycles. The monoisotopic (exact) mass is 530 g/mol. The number of imidazole rings is 1. The lowest BCUT2D eigenvalue weighted by Gasteiger charge is -2.23. The summed E-state index contributed by atoms with van der Waals surface area (Å²) in [5.74, 6) is 0.161. The molecule has 0 aliphatic carbocycles. The normalized spacial score (nSPS) is 15.6. The fourth-order valence-electron chi connectivity index (χ4n) is 5.20. The van der Waals surface area contributed by atoms with Crippen LogP contribution >= 0.6 is 0 Å². The van der Waals surface area contributed by atoms with E-state index in [9.17, 15) is 9.18 Å². The first-order chi connectivity index (χ1) is 19.0. The molecule has 202 valence electrons. The van der Waals surface area contributed by atoms with Crippen LogP contribution in [0.3, 0.4) is 0 Å². The lowest BCUT2D eigenvalue weighted by atomic mass is 9.99. The fraction of sp³-hybridized carbons (Fsp3) is 0.345. The number of hydrogen-bond acceptors (Lipinski definition) is 7. The number of pyridine rings is 2. The summed E-state index contributed by atoms with van der Waals surface area (Å²) >= 11 is 0. The number of halogens is 1. The zero-order valence-corrected chi connectivity index (χ0v) is 22.0. The molecule has 1 saturated heterocycles. The highest BCUT2D eigenvalue weighted by Crippen LogP contribution is 2.35. The van der Waals surface area contributed by atoms with Crippen molar-refractivity contribution in [1.82, 2.24) is 24.6 Å². The third-order valence-electron chi connectivity index (χ3n) is 7.16. The molecule has 4 aromatic rings. The highest BCUT2D eigenvalue weighted by molar-refractivity contribution is 6.06. The molecule has 9 nitrogen and oxygen atoms in total. The van der Waals surface area contributed by atoms with Gasteiger partial charge in [-0.25, -0.2) is 14.4 Å². The summed E-state index contributed by atoms with van der Waals surface area (Å²) in [6.45, 7) is 3.03. The van der Waals surface area contributed by atoms with Crippen LogP contribution in [0.1, 0.15) is 40.0 Å². The van der Waals surface area contributed by atoms with Gasteiger partial charge in [-0.05, 0) is 50.7 Å². The molecule has 0 unspecified atom stereocenters. The number of hydrogen-bond donors (Lipinski definition) is 2. The molecule has 2 aliphatic heterocycles. The Morgan fingerprint density at radius 1 is 1.21 bits per heavy atom. The molecule has 6 rings (SSSR count). The average molecular weight is 531 g/mol. The molecule has 0 radical (unpaired) electrons. The van der Waals surface area contributed by atoms with Gasteiger partial charge in [-0.3, -0.25) is 9.20 Å². The Morgan fingerprint density at radius 3 is 2.87 bits per heavy atom. The van der Waals surface area contributed by atoms with Gasteiger partial charge in [0.1, 0.15) is 17.3 Å². The van der Waals surface area contributed by atoms with E-state index in [4.69, 9.17) is 14.5 Å². The maximum absolute atomic E-state index is 13.7. The van der Waals surface area contributed by atoms with Gasteiger partial charge in [-0.1, -0.05) is 12.1 Å². The molecular weight excluding hydrogens is 499 g/mol. The van der Waals surface area contributed by atoms with Crippen molar-refractivity contribution in [3.05, 3.63) is 77.0 Å². The van der Waals surface area contributed by atoms with Crippen molar-refractivity contribution < 1.29 is 18.7 Å². The van der Waals surface area contributed by atoms with Crippen molar-refractivity contribution >= 4 is 23.1 Å². The van der Waals surface area contributed by atoms with Crippen LogP contribution in [0.4, 0.5) is 15.9 Å². The number of amides is 1. The van der Waals surface area contributed by atoms with Crippen molar-refractivity contribution in [1.29, 1.82) is 0 Å². The zero-order chi connectivity index (χ0) is 26.9. The molecule has 0 spiro atoms. The van der Waals surface area contributed by atoms with Gasteiger partial charge in [0.2, 0.25) is 0 Å². The van der Waals surface area contributed by atoms with E-state index in [1.54, 1.807) is 12.4 Å². The first-order valence-electron chi connectivity index (χ1n) is 13.1. The SMILES string of the molecule is CN(C)Cc1nc(Nc2ccc(-c3cnc4cc(F)ccn34)c3c2C(=O)NC3)ccc1COC1CCOCC1. The minimum atomic E-state index is -0.344. The maximum Gasteiger partial charge on any atom is 0.254 e. The van der Waals surface area contributed by atoms with Crippen molar-refractivity contribution in [3.8, 4) is 11.3 Å². The van der Waals surface area contributed by atoms with Crippen LogP contribution in [0, 0.1) is 5.82 Å². The smallest absolute Gasteiger partial charge is 0.254 e. The standard InChI is InChI=1S/C29H31FN6O3/c1-35(2)16-24-18(17-39-20-8-11-38-12-9-20)3-6-26(34-24)33-23-5-4-21(22-14-32-29(37)28(22)23)25-15-31-27-13-19(30)7-10-36(25)27/h3-7,10,13,15,20H,8-9,11-12,14,16-17H2,1-2H3,(H,32,37)(H,33,34). The quantitative estimate of drug-likeness (QED) is 0.351. The van der Waals surface area contributed by atoms with E-state index in [1.165, 1.54) is 12.1 Å². The van der Waals surface area contributed by atoms with Gasteiger partial charge in [0.25, 0.3) is 5.91 Å². The summed E-state index contributed by atoms with van der Waals surface area (Å²) in [6, 6.07) is 10.6. The highest BCUT2D eigenvalue weighted by Gasteiger charge is 2.27. The van der Waals surface area contributed by atoms with E-state index in [-0.39, 0.29) is 17.8 Å². The minimum absolute atomic E-state index is 0.149. The average Bonchev–Trinajstić information content (AvgIpc) is 3.52. The summed E-state index contributed by atoms with van der Waals surface area (Å²) < 4.78 is 27.1. The van der Waals surface area contributed by atoms with Gasteiger partial charge in [-0.2, -0.15) is 0 Å². The number of rotatable bonds is 8. The first kappa shape index (κ1) is 25.4. The van der Waals surface area contributed by atoms with Crippen molar-refractivity contribution in [3.63, 3.8) is 0 Å². The van der Waals surface area contributed by atoms with Crippen LogP contribution in [0.5, 0.6) is 0 Å². The van der Waals surface area contributed by atoms with Gasteiger partial charge in [0, 0.05) is 49.7 Å². The lowest BCUT2D eigenvalue weighted by Crippen LogP contribution is -2.23. The molecule has 0 saturated carbocycles. The molecule has 0 atom stereocenters. The van der Waals surface area contributed by atoms with Gasteiger partial charge >= 0.3 is 0 Å². The van der Waals surface area contributed by atoms with Crippen molar-refractivity contribution in [2.45, 2.75) is 38.6 Å². The number of nitrogens with zero attached hydrogens (tertiary/aromatic N) is 4. The number of carbonyl (C=O) groups is 1. The molecule has 5 heterocycles. The number of aromatic nitrogens is 3. The molecule has 10 heteroatoms. The van der Waals surface area contributed by atoms with E-state index < -0.39 is 0 Å². The topological polar surface area (TPSA) is 93.0 Å². The Bertz CT molecular complexity index is 1530. The van der Waals surface area contributed by atoms with Crippen molar-refractivity contribution in [2.75, 3.05) is 32.6 Å². The van der Waals surface area contributed by atoms with E-state index in [0.29, 0.717) is 42.4 Å². The van der Waals surface area contributed by atoms with Crippen LogP contribution in [-0.2, 0) is 29.2 Å². The predicted molar refractivity (Wildman–Crippen MR) is 145 cm³/mol. The van der Waals surface area contributed by atoms with Gasteiger partial charge in [0.15, 0.2) is 0 Å². The van der Waals surface area contributed by atoms with E-state index in [0.717, 1.165) is 54.1 Å². The number of carbonyl (C=O) groups excluding carboxylic acids is 1. The van der Waals surface area contributed by atoms with Crippen LogP contribution < -0.4 is 10.6 Å². The van der Waals surface area contributed by atoms with Crippen molar-refractivity contribution in [2.24, 2.45) is 0 Å². The second-order valence-corrected chi connectivity index (χ2v) is 10.2. The fourth-order valence-corrected chi connectivity index (χ4v) is 5.20. The molecule has 3 aromatic heterocycles. The molecule has 1 fully saturated rings. The largest absolute Gasteiger partial charge is 0.381 e. The van der Waals surface area contributed by atoms with Crippen LogP contribution in [0.2, 0.25) is 0 Å². The Labute approximate surface area is 226 Å². The highest BCUT2D eigenvalue weighted by atomic mass is 19.1. The summed E-state index contributed by atoms with van der Waals surface area (Å²) in [6.07, 6.45) is 5.38. The Morgan fingerprint density at radius 2 is 2.05 bits per heavy atom. The van der Waals surface area contributed by atoms with E-state index >= 15 is 0 Å². The summed E-state index contributed by atoms with van der Waals surface area (Å²) in [5, 5.41) is 6.32. The molecule has 39 heavy (non-hydrogen) atoms. The minimum Gasteiger partial charge on any atom is -0.381 e. The second kappa shape index (κ2) is 10.7. The van der Waals surface area contributed by atoms with Gasteiger partial charge in [0.05, 0.1) is 41.5 Å². The third-order valence-corrected chi connectivity index (χ3v) is 7.16. The lowest BCUT2D eigenvalue weighted by molar-refractivity contribution is -0.0393. The van der Waals surface area contributed by atoms with Crippen LogP contribution in [0.15, 0.2) is 48.8 Å². The summed E-state index contributed by atoms with van der Waals surface area (Å²) in [5.41, 5.74) is 6.27. The third kappa shape index (κ3) is 5.23.